The molecule has 3 heteroatoms. The molecule has 0 heterocycles. The molecule has 1 aliphatic carbocycles. The van der Waals surface area contributed by atoms with E-state index in [9.17, 15) is 0 Å². The summed E-state index contributed by atoms with van der Waals surface area (Å²) >= 11 is 0. The highest BCUT2D eigenvalue weighted by Gasteiger charge is 2.37. The van der Waals surface area contributed by atoms with Crippen LogP contribution in [0.1, 0.15) is 26.2 Å². The van der Waals surface area contributed by atoms with Crippen LogP contribution < -0.4 is 0 Å². The highest BCUT2D eigenvalue weighted by Crippen LogP contribution is 2.43. The molecule has 0 aromatic rings. The number of rotatable bonds is 4. The van der Waals surface area contributed by atoms with Gasteiger partial charge < -0.3 is 8.85 Å². The number of hydrogen-bond acceptors (Lipinski definition) is 2. The highest BCUT2D eigenvalue weighted by molar-refractivity contribution is 6.46. The van der Waals surface area contributed by atoms with Crippen molar-refractivity contribution < 1.29 is 8.85 Å². The maximum absolute atomic E-state index is 5.35. The van der Waals surface area contributed by atoms with Crippen LogP contribution in [0.4, 0.5) is 0 Å². The van der Waals surface area contributed by atoms with Gasteiger partial charge in [-0.2, -0.15) is 0 Å². The second-order valence-corrected chi connectivity index (χ2v) is 5.79. The van der Waals surface area contributed by atoms with Crippen LogP contribution in [0, 0.1) is 5.92 Å². The van der Waals surface area contributed by atoms with E-state index in [1.54, 1.807) is 14.2 Å². The van der Waals surface area contributed by atoms with Crippen LogP contribution in [0.3, 0.4) is 0 Å². The van der Waals surface area contributed by atoms with Gasteiger partial charge in [0.05, 0.1) is 0 Å². The van der Waals surface area contributed by atoms with E-state index in [2.05, 4.69) is 6.92 Å². The molecule has 0 aromatic heterocycles. The van der Waals surface area contributed by atoms with Crippen LogP contribution in [0.25, 0.3) is 0 Å². The fourth-order valence-electron chi connectivity index (χ4n) is 1.91. The van der Waals surface area contributed by atoms with E-state index in [1.165, 1.54) is 19.3 Å². The third kappa shape index (κ3) is 1.83. The van der Waals surface area contributed by atoms with Crippen LogP contribution >= 0.6 is 0 Å². The normalized spacial score (nSPS) is 30.5. The van der Waals surface area contributed by atoms with Crippen molar-refractivity contribution in [1.29, 1.82) is 0 Å². The first kappa shape index (κ1) is 9.23. The van der Waals surface area contributed by atoms with Gasteiger partial charge in [0, 0.05) is 19.8 Å². The summed E-state index contributed by atoms with van der Waals surface area (Å²) in [4.78, 5) is 0. The van der Waals surface area contributed by atoms with E-state index in [1.807, 2.05) is 0 Å². The fourth-order valence-corrected chi connectivity index (χ4v) is 4.17. The molecule has 1 rings (SSSR count). The number of hydrogen-bond donors (Lipinski definition) is 0. The van der Waals surface area contributed by atoms with Crippen LogP contribution in [-0.2, 0) is 8.85 Å². The quantitative estimate of drug-likeness (QED) is 0.604. The highest BCUT2D eigenvalue weighted by atomic mass is 28.3. The molecule has 66 valence electrons. The molecule has 0 saturated heterocycles. The Morgan fingerprint density at radius 3 is 2.18 bits per heavy atom. The third-order valence-corrected chi connectivity index (χ3v) is 5.32. The molecule has 0 amide bonds. The van der Waals surface area contributed by atoms with E-state index in [-0.39, 0.29) is 0 Å². The van der Waals surface area contributed by atoms with Gasteiger partial charge in [-0.05, 0) is 12.3 Å². The van der Waals surface area contributed by atoms with Gasteiger partial charge in [-0.3, -0.25) is 0 Å². The zero-order valence-corrected chi connectivity index (χ0v) is 8.82. The van der Waals surface area contributed by atoms with Crippen molar-refractivity contribution in [2.24, 2.45) is 5.92 Å². The first-order chi connectivity index (χ1) is 5.33. The molecule has 2 atom stereocenters. The predicted molar refractivity (Wildman–Crippen MR) is 47.9 cm³/mol. The molecule has 0 aliphatic heterocycles. The van der Waals surface area contributed by atoms with E-state index < -0.39 is 9.28 Å². The summed E-state index contributed by atoms with van der Waals surface area (Å²) in [6.45, 7) is 2.26. The molecule has 0 radical (unpaired) electrons. The lowest BCUT2D eigenvalue weighted by Gasteiger charge is -2.38. The monoisotopic (exact) mass is 174 g/mol. The van der Waals surface area contributed by atoms with Crippen LogP contribution in [0.15, 0.2) is 0 Å². The topological polar surface area (TPSA) is 18.5 Å². The van der Waals surface area contributed by atoms with Crippen molar-refractivity contribution in [3.05, 3.63) is 0 Å². The van der Waals surface area contributed by atoms with E-state index in [4.69, 9.17) is 8.85 Å². The Morgan fingerprint density at radius 1 is 1.27 bits per heavy atom. The lowest BCUT2D eigenvalue weighted by Crippen LogP contribution is -2.37. The van der Waals surface area contributed by atoms with Gasteiger partial charge in [0.1, 0.15) is 0 Å². The zero-order valence-electron chi connectivity index (χ0n) is 7.67. The fraction of sp³-hybridized carbons (Fsp3) is 1.00. The lowest BCUT2D eigenvalue weighted by molar-refractivity contribution is 0.199. The van der Waals surface area contributed by atoms with Gasteiger partial charge in [0.2, 0.25) is 0 Å². The molecule has 1 saturated carbocycles. The lowest BCUT2D eigenvalue weighted by atomic mass is 9.83. The Bertz CT molecular complexity index is 113. The molecule has 0 spiro atoms. The Kier molecular flexibility index (Phi) is 3.55. The molecule has 0 bridgehead atoms. The summed E-state index contributed by atoms with van der Waals surface area (Å²) < 4.78 is 10.7. The van der Waals surface area contributed by atoms with Crippen molar-refractivity contribution in [3.63, 3.8) is 0 Å². The molecule has 0 aromatic carbocycles. The Morgan fingerprint density at radius 2 is 1.91 bits per heavy atom. The molecular formula is C8H18O2Si. The van der Waals surface area contributed by atoms with Gasteiger partial charge in [0.15, 0.2) is 0 Å². The molecule has 0 N–H and O–H groups in total. The SMILES string of the molecule is CCC1CCC1[SiH](OC)OC. The smallest absolute Gasteiger partial charge is 0.324 e. The average molecular weight is 174 g/mol. The van der Waals surface area contributed by atoms with Crippen molar-refractivity contribution in [2.45, 2.75) is 31.7 Å². The predicted octanol–water partition coefficient (Wildman–Crippen LogP) is 1.69. The van der Waals surface area contributed by atoms with Crippen LogP contribution in [-0.4, -0.2) is 23.5 Å². The zero-order chi connectivity index (χ0) is 8.27. The summed E-state index contributed by atoms with van der Waals surface area (Å²) in [6, 6.07) is 0. The maximum atomic E-state index is 5.35. The molecule has 2 nitrogen and oxygen atoms in total. The summed E-state index contributed by atoms with van der Waals surface area (Å²) in [7, 11) is 2.29. The molecule has 1 fully saturated rings. The van der Waals surface area contributed by atoms with Crippen molar-refractivity contribution in [1.82, 2.24) is 0 Å². The van der Waals surface area contributed by atoms with Crippen LogP contribution in [0.5, 0.6) is 0 Å². The minimum Gasteiger partial charge on any atom is -0.400 e. The van der Waals surface area contributed by atoms with Gasteiger partial charge in [0.25, 0.3) is 0 Å². The second-order valence-electron chi connectivity index (χ2n) is 3.25. The Hall–Kier alpha value is 0.137. The third-order valence-electron chi connectivity index (χ3n) is 2.81. The standard InChI is InChI=1S/C8H18O2Si/c1-4-7-5-6-8(7)11(9-2)10-3/h7-8,11H,4-6H2,1-3H3. The Labute approximate surface area is 70.7 Å². The second kappa shape index (κ2) is 4.23. The molecular weight excluding hydrogens is 156 g/mol. The van der Waals surface area contributed by atoms with Crippen molar-refractivity contribution in [2.75, 3.05) is 14.2 Å². The van der Waals surface area contributed by atoms with Crippen molar-refractivity contribution >= 4 is 9.28 Å². The first-order valence-electron chi connectivity index (χ1n) is 4.39. The summed E-state index contributed by atoms with van der Waals surface area (Å²) in [5.74, 6) is 0.895. The van der Waals surface area contributed by atoms with Gasteiger partial charge >= 0.3 is 9.28 Å². The van der Waals surface area contributed by atoms with Gasteiger partial charge in [-0.25, -0.2) is 0 Å². The average Bonchev–Trinajstić information content (AvgIpc) is 1.98. The first-order valence-corrected chi connectivity index (χ1v) is 6.00. The summed E-state index contributed by atoms with van der Waals surface area (Å²) in [5.41, 5.74) is 0.787. The largest absolute Gasteiger partial charge is 0.400 e. The minimum absolute atomic E-state index is 0.787. The van der Waals surface area contributed by atoms with Crippen molar-refractivity contribution in [3.8, 4) is 0 Å². The van der Waals surface area contributed by atoms with E-state index >= 15 is 0 Å². The molecule has 2 unspecified atom stereocenters. The maximum Gasteiger partial charge on any atom is 0.324 e. The minimum atomic E-state index is -1.27. The van der Waals surface area contributed by atoms with E-state index in [0.29, 0.717) is 0 Å². The Balaban J connectivity index is 2.33. The van der Waals surface area contributed by atoms with Gasteiger partial charge in [-0.1, -0.05) is 19.8 Å². The van der Waals surface area contributed by atoms with Crippen LogP contribution in [0.2, 0.25) is 5.54 Å². The van der Waals surface area contributed by atoms with E-state index in [0.717, 1.165) is 11.5 Å². The molecule has 11 heavy (non-hydrogen) atoms. The molecule has 1 aliphatic rings. The summed E-state index contributed by atoms with van der Waals surface area (Å²) in [5, 5.41) is 0. The van der Waals surface area contributed by atoms with Gasteiger partial charge in [-0.15, -0.1) is 0 Å². The summed E-state index contributed by atoms with van der Waals surface area (Å²) in [6.07, 6.45) is 4.01.